The van der Waals surface area contributed by atoms with E-state index in [1.165, 1.54) is 0 Å². The molecule has 6 nitrogen and oxygen atoms in total. The maximum absolute atomic E-state index is 12.4. The molecule has 0 spiro atoms. The number of hydrogen-bond donors (Lipinski definition) is 1. The van der Waals surface area contributed by atoms with Crippen molar-refractivity contribution in [1.82, 2.24) is 24.3 Å². The fourth-order valence-corrected chi connectivity index (χ4v) is 2.43. The number of aromatic nitrogens is 5. The van der Waals surface area contributed by atoms with Gasteiger partial charge in [0.1, 0.15) is 12.2 Å². The predicted molar refractivity (Wildman–Crippen MR) is 78.1 cm³/mol. The molecule has 0 unspecified atom stereocenters. The standard InChI is InChI=1S/C13H13N5OS/c1-17-8-14-16-11(17)6-7-18-12(19)9-4-2-3-5-10(9)15-13(18)20/h2-5,8H,6-7H2,1H3,(H,15,20). The van der Waals surface area contributed by atoms with E-state index in [0.29, 0.717) is 23.1 Å². The first-order valence-electron chi connectivity index (χ1n) is 6.21. The Kier molecular flexibility index (Phi) is 3.19. The first-order valence-corrected chi connectivity index (χ1v) is 6.62. The number of hydrogen-bond acceptors (Lipinski definition) is 4. The summed E-state index contributed by atoms with van der Waals surface area (Å²) in [5.41, 5.74) is 0.684. The number of rotatable bonds is 3. The van der Waals surface area contributed by atoms with E-state index in [2.05, 4.69) is 15.2 Å². The summed E-state index contributed by atoms with van der Waals surface area (Å²) in [5, 5.41) is 8.46. The summed E-state index contributed by atoms with van der Waals surface area (Å²) in [4.78, 5) is 15.5. The maximum atomic E-state index is 12.4. The quantitative estimate of drug-likeness (QED) is 0.740. The first kappa shape index (κ1) is 12.7. The van der Waals surface area contributed by atoms with E-state index in [0.717, 1.165) is 11.3 Å². The van der Waals surface area contributed by atoms with E-state index < -0.39 is 0 Å². The van der Waals surface area contributed by atoms with Gasteiger partial charge in [0.05, 0.1) is 10.9 Å². The van der Waals surface area contributed by atoms with E-state index in [-0.39, 0.29) is 5.56 Å². The Balaban J connectivity index is 2.02. The lowest BCUT2D eigenvalue weighted by atomic mass is 10.2. The molecular weight excluding hydrogens is 274 g/mol. The van der Waals surface area contributed by atoms with E-state index in [9.17, 15) is 4.79 Å². The third-order valence-electron chi connectivity index (χ3n) is 3.25. The van der Waals surface area contributed by atoms with Gasteiger partial charge in [-0.25, -0.2) is 0 Å². The zero-order valence-corrected chi connectivity index (χ0v) is 11.7. The van der Waals surface area contributed by atoms with Crippen LogP contribution >= 0.6 is 12.2 Å². The summed E-state index contributed by atoms with van der Waals surface area (Å²) < 4.78 is 3.82. The second kappa shape index (κ2) is 5.01. The minimum atomic E-state index is -0.0773. The van der Waals surface area contributed by atoms with Gasteiger partial charge in [0.25, 0.3) is 5.56 Å². The topological polar surface area (TPSA) is 68.5 Å². The van der Waals surface area contributed by atoms with Crippen LogP contribution in [0.15, 0.2) is 35.4 Å². The monoisotopic (exact) mass is 287 g/mol. The average Bonchev–Trinajstić information content (AvgIpc) is 2.84. The minimum absolute atomic E-state index is 0.0773. The fraction of sp³-hybridized carbons (Fsp3) is 0.231. The molecule has 1 N–H and O–H groups in total. The summed E-state index contributed by atoms with van der Waals surface area (Å²) in [5.74, 6) is 0.819. The van der Waals surface area contributed by atoms with Gasteiger partial charge >= 0.3 is 0 Å². The summed E-state index contributed by atoms with van der Waals surface area (Å²) in [6, 6.07) is 7.35. The van der Waals surface area contributed by atoms with Crippen molar-refractivity contribution in [3.63, 3.8) is 0 Å². The number of aryl methyl sites for hydroxylation is 2. The number of nitrogens with one attached hydrogen (secondary N) is 1. The molecule has 102 valence electrons. The van der Waals surface area contributed by atoms with Crippen LogP contribution in [0.2, 0.25) is 0 Å². The third kappa shape index (κ3) is 2.16. The van der Waals surface area contributed by atoms with Gasteiger partial charge < -0.3 is 9.55 Å². The Labute approximate surface area is 119 Å². The number of nitrogens with zero attached hydrogens (tertiary/aromatic N) is 4. The van der Waals surface area contributed by atoms with Crippen LogP contribution < -0.4 is 5.56 Å². The molecule has 0 bridgehead atoms. The number of fused-ring (bicyclic) bond motifs is 1. The van der Waals surface area contributed by atoms with Crippen LogP contribution in [0, 0.1) is 4.77 Å². The average molecular weight is 287 g/mol. The molecule has 3 aromatic rings. The highest BCUT2D eigenvalue weighted by Gasteiger charge is 2.07. The fourth-order valence-electron chi connectivity index (χ4n) is 2.15. The molecule has 0 aliphatic rings. The highest BCUT2D eigenvalue weighted by molar-refractivity contribution is 7.71. The van der Waals surface area contributed by atoms with Gasteiger partial charge in [0.15, 0.2) is 4.77 Å². The van der Waals surface area contributed by atoms with Crippen LogP contribution in [0.3, 0.4) is 0 Å². The van der Waals surface area contributed by atoms with E-state index in [4.69, 9.17) is 12.2 Å². The number of aromatic amines is 1. The van der Waals surface area contributed by atoms with Crippen LogP contribution in [0.1, 0.15) is 5.82 Å². The number of benzene rings is 1. The first-order chi connectivity index (χ1) is 9.66. The lowest BCUT2D eigenvalue weighted by Crippen LogP contribution is -2.23. The van der Waals surface area contributed by atoms with Gasteiger partial charge in [-0.15, -0.1) is 10.2 Å². The van der Waals surface area contributed by atoms with Crippen LogP contribution in [0.5, 0.6) is 0 Å². The van der Waals surface area contributed by atoms with Crippen molar-refractivity contribution in [2.75, 3.05) is 0 Å². The molecule has 3 rings (SSSR count). The Bertz CT molecular complexity index is 876. The van der Waals surface area contributed by atoms with Crippen molar-refractivity contribution in [1.29, 1.82) is 0 Å². The molecule has 0 aliphatic carbocycles. The zero-order chi connectivity index (χ0) is 14.1. The molecule has 0 fully saturated rings. The Morgan fingerprint density at radius 1 is 1.35 bits per heavy atom. The van der Waals surface area contributed by atoms with Gasteiger partial charge in [0, 0.05) is 20.0 Å². The van der Waals surface area contributed by atoms with Crippen LogP contribution in [0.4, 0.5) is 0 Å². The van der Waals surface area contributed by atoms with Gasteiger partial charge in [-0.2, -0.15) is 0 Å². The highest BCUT2D eigenvalue weighted by atomic mass is 32.1. The lowest BCUT2D eigenvalue weighted by molar-refractivity contribution is 0.618. The molecular formula is C13H13N5OS. The van der Waals surface area contributed by atoms with E-state index >= 15 is 0 Å². The lowest BCUT2D eigenvalue weighted by Gasteiger charge is -2.07. The van der Waals surface area contributed by atoms with Crippen LogP contribution in [0.25, 0.3) is 10.9 Å². The van der Waals surface area contributed by atoms with Crippen molar-refractivity contribution in [2.24, 2.45) is 7.05 Å². The summed E-state index contributed by atoms with van der Waals surface area (Å²) in [6.07, 6.45) is 2.24. The van der Waals surface area contributed by atoms with Gasteiger partial charge in [-0.1, -0.05) is 12.1 Å². The largest absolute Gasteiger partial charge is 0.332 e. The normalized spacial score (nSPS) is 11.1. The van der Waals surface area contributed by atoms with Crippen molar-refractivity contribution < 1.29 is 0 Å². The summed E-state index contributed by atoms with van der Waals surface area (Å²) in [7, 11) is 1.87. The molecule has 20 heavy (non-hydrogen) atoms. The Morgan fingerprint density at radius 3 is 2.90 bits per heavy atom. The smallest absolute Gasteiger partial charge is 0.262 e. The summed E-state index contributed by atoms with van der Waals surface area (Å²) in [6.45, 7) is 0.478. The van der Waals surface area contributed by atoms with Crippen molar-refractivity contribution >= 4 is 23.1 Å². The predicted octanol–water partition coefficient (Wildman–Crippen LogP) is 1.43. The van der Waals surface area contributed by atoms with Crippen LogP contribution in [-0.2, 0) is 20.0 Å². The second-order valence-corrected chi connectivity index (χ2v) is 4.93. The molecule has 0 amide bonds. The number of H-pyrrole nitrogens is 1. The van der Waals surface area contributed by atoms with E-state index in [1.54, 1.807) is 17.0 Å². The Morgan fingerprint density at radius 2 is 2.15 bits per heavy atom. The molecule has 0 saturated carbocycles. The SMILES string of the molecule is Cn1cnnc1CCn1c(=S)[nH]c2ccccc2c1=O. The summed E-state index contributed by atoms with van der Waals surface area (Å²) >= 11 is 5.26. The highest BCUT2D eigenvalue weighted by Crippen LogP contribution is 2.06. The zero-order valence-electron chi connectivity index (χ0n) is 10.9. The van der Waals surface area contributed by atoms with Gasteiger partial charge in [-0.05, 0) is 24.4 Å². The maximum Gasteiger partial charge on any atom is 0.262 e. The molecule has 0 radical (unpaired) electrons. The van der Waals surface area contributed by atoms with Gasteiger partial charge in [-0.3, -0.25) is 9.36 Å². The Hall–Kier alpha value is -2.28. The van der Waals surface area contributed by atoms with E-state index in [1.807, 2.05) is 29.8 Å². The van der Waals surface area contributed by atoms with Crippen molar-refractivity contribution in [3.05, 3.63) is 51.5 Å². The van der Waals surface area contributed by atoms with Crippen molar-refractivity contribution in [2.45, 2.75) is 13.0 Å². The molecule has 2 aromatic heterocycles. The molecule has 7 heteroatoms. The van der Waals surface area contributed by atoms with Crippen molar-refractivity contribution in [3.8, 4) is 0 Å². The van der Waals surface area contributed by atoms with Crippen LogP contribution in [-0.4, -0.2) is 24.3 Å². The second-order valence-electron chi connectivity index (χ2n) is 4.54. The minimum Gasteiger partial charge on any atom is -0.332 e. The van der Waals surface area contributed by atoms with Gasteiger partial charge in [0.2, 0.25) is 0 Å². The number of para-hydroxylation sites is 1. The molecule has 2 heterocycles. The molecule has 0 saturated heterocycles. The molecule has 0 aliphatic heterocycles. The third-order valence-corrected chi connectivity index (χ3v) is 3.58. The molecule has 1 aromatic carbocycles. The molecule has 0 atom stereocenters.